The molecule has 0 atom stereocenters. The molecule has 2 heterocycles. The number of nitrogens with zero attached hydrogens (tertiary/aromatic N) is 2. The largest absolute Gasteiger partial charge is 0.332 e. The van der Waals surface area contributed by atoms with Gasteiger partial charge in [0.1, 0.15) is 6.54 Å². The molecule has 3 amide bonds. The van der Waals surface area contributed by atoms with Crippen molar-refractivity contribution in [3.8, 4) is 0 Å². The number of urea groups is 1. The number of amides is 3. The fraction of sp³-hybridized carbons (Fsp3) is 0.200. The first kappa shape index (κ1) is 14.1. The van der Waals surface area contributed by atoms with E-state index in [2.05, 4.69) is 0 Å². The highest BCUT2D eigenvalue weighted by molar-refractivity contribution is 7.10. The van der Waals surface area contributed by atoms with E-state index in [0.717, 1.165) is 10.4 Å². The van der Waals surface area contributed by atoms with Gasteiger partial charge in [-0.05, 0) is 48.2 Å². The zero-order valence-electron chi connectivity index (χ0n) is 11.4. The summed E-state index contributed by atoms with van der Waals surface area (Å²) in [5, 5.41) is 2.56. The van der Waals surface area contributed by atoms with Crippen molar-refractivity contribution in [2.75, 3.05) is 11.4 Å². The maximum atomic E-state index is 12.4. The maximum absolute atomic E-state index is 12.4. The third-order valence-corrected chi connectivity index (χ3v) is 4.68. The molecule has 1 aromatic carbocycles. The number of benzene rings is 1. The van der Waals surface area contributed by atoms with Crippen LogP contribution in [0.25, 0.3) is 0 Å². The van der Waals surface area contributed by atoms with Crippen LogP contribution in [0.2, 0.25) is 5.02 Å². The minimum Gasteiger partial charge on any atom is -0.309 e. The summed E-state index contributed by atoms with van der Waals surface area (Å²) >= 11 is 7.43. The van der Waals surface area contributed by atoms with Gasteiger partial charge < -0.3 is 4.90 Å². The lowest BCUT2D eigenvalue weighted by Gasteiger charge is -2.17. The summed E-state index contributed by atoms with van der Waals surface area (Å²) in [4.78, 5) is 28.4. The summed E-state index contributed by atoms with van der Waals surface area (Å²) in [5.74, 6) is -0.212. The van der Waals surface area contributed by atoms with Crippen molar-refractivity contribution >= 4 is 40.6 Å². The van der Waals surface area contributed by atoms with Gasteiger partial charge >= 0.3 is 6.03 Å². The van der Waals surface area contributed by atoms with Gasteiger partial charge in [0, 0.05) is 9.90 Å². The number of carbonyl (C=O) groups is 2. The zero-order chi connectivity index (χ0) is 15.0. The van der Waals surface area contributed by atoms with Gasteiger partial charge in [0.2, 0.25) is 0 Å². The monoisotopic (exact) mass is 320 g/mol. The molecule has 0 radical (unpaired) electrons. The molecule has 4 nitrogen and oxygen atoms in total. The van der Waals surface area contributed by atoms with Gasteiger partial charge in [-0.3, -0.25) is 4.79 Å². The summed E-state index contributed by atoms with van der Waals surface area (Å²) in [5.41, 5.74) is 1.70. The van der Waals surface area contributed by atoms with Crippen LogP contribution < -0.4 is 4.90 Å². The van der Waals surface area contributed by atoms with Gasteiger partial charge in [-0.1, -0.05) is 11.6 Å². The quantitative estimate of drug-likeness (QED) is 0.809. The number of aryl methyl sites for hydroxylation is 1. The van der Waals surface area contributed by atoms with E-state index in [0.29, 0.717) is 17.3 Å². The second-order valence-corrected chi connectivity index (χ2v) is 6.31. The fourth-order valence-electron chi connectivity index (χ4n) is 2.26. The third kappa shape index (κ3) is 2.66. The van der Waals surface area contributed by atoms with Crippen LogP contribution in [-0.4, -0.2) is 23.4 Å². The van der Waals surface area contributed by atoms with Gasteiger partial charge in [0.15, 0.2) is 0 Å². The van der Waals surface area contributed by atoms with Crippen LogP contribution in [0.1, 0.15) is 10.4 Å². The van der Waals surface area contributed by atoms with Crippen LogP contribution in [0, 0.1) is 6.92 Å². The lowest BCUT2D eigenvalue weighted by Crippen LogP contribution is -2.32. The Morgan fingerprint density at radius 1 is 1.19 bits per heavy atom. The molecule has 1 aliphatic rings. The molecular formula is C15H13ClN2O2S. The van der Waals surface area contributed by atoms with Crippen molar-refractivity contribution in [3.05, 3.63) is 51.2 Å². The van der Waals surface area contributed by atoms with Crippen LogP contribution in [-0.2, 0) is 11.3 Å². The minimum atomic E-state index is -0.282. The molecule has 6 heteroatoms. The van der Waals surface area contributed by atoms with E-state index >= 15 is 0 Å². The standard InChI is InChI=1S/C15H13ClN2O2S/c1-10-6-7-21-13(10)8-17-9-14(19)18(15(17)20)12-4-2-11(16)3-5-12/h2-7H,8-9H2,1H3. The van der Waals surface area contributed by atoms with Crippen molar-refractivity contribution in [1.29, 1.82) is 0 Å². The number of imide groups is 1. The number of carbonyl (C=O) groups excluding carboxylic acids is 2. The molecule has 1 saturated heterocycles. The molecule has 1 aliphatic heterocycles. The van der Waals surface area contributed by atoms with Gasteiger partial charge in [-0.25, -0.2) is 9.69 Å². The second-order valence-electron chi connectivity index (χ2n) is 4.87. The summed E-state index contributed by atoms with van der Waals surface area (Å²) in [6, 6.07) is 8.43. The molecule has 0 aliphatic carbocycles. The van der Waals surface area contributed by atoms with E-state index in [1.165, 1.54) is 4.90 Å². The van der Waals surface area contributed by atoms with E-state index in [1.54, 1.807) is 40.5 Å². The highest BCUT2D eigenvalue weighted by Gasteiger charge is 2.37. The Bertz CT molecular complexity index is 696. The van der Waals surface area contributed by atoms with Crippen molar-refractivity contribution in [2.24, 2.45) is 0 Å². The molecule has 0 N–H and O–H groups in total. The van der Waals surface area contributed by atoms with E-state index in [1.807, 2.05) is 18.4 Å². The van der Waals surface area contributed by atoms with Crippen LogP contribution in [0.5, 0.6) is 0 Å². The Morgan fingerprint density at radius 3 is 2.52 bits per heavy atom. The van der Waals surface area contributed by atoms with Crippen molar-refractivity contribution < 1.29 is 9.59 Å². The number of halogens is 1. The number of thiophene rings is 1. The first-order valence-electron chi connectivity index (χ1n) is 6.46. The second kappa shape index (κ2) is 5.50. The Hall–Kier alpha value is -1.85. The smallest absolute Gasteiger partial charge is 0.309 e. The molecule has 0 unspecified atom stereocenters. The van der Waals surface area contributed by atoms with Gasteiger partial charge in [-0.2, -0.15) is 0 Å². The van der Waals surface area contributed by atoms with Gasteiger partial charge in [0.05, 0.1) is 12.2 Å². The number of hydrogen-bond acceptors (Lipinski definition) is 3. The third-order valence-electron chi connectivity index (χ3n) is 3.42. The molecular weight excluding hydrogens is 308 g/mol. The molecule has 108 valence electrons. The molecule has 3 rings (SSSR count). The summed E-state index contributed by atoms with van der Waals surface area (Å²) < 4.78 is 0. The Balaban J connectivity index is 1.82. The minimum absolute atomic E-state index is 0.110. The lowest BCUT2D eigenvalue weighted by molar-refractivity contribution is -0.116. The summed E-state index contributed by atoms with van der Waals surface area (Å²) in [6.07, 6.45) is 0. The van der Waals surface area contributed by atoms with E-state index in [4.69, 9.17) is 11.6 Å². The van der Waals surface area contributed by atoms with E-state index < -0.39 is 0 Å². The average Bonchev–Trinajstić information content (AvgIpc) is 2.97. The predicted molar refractivity (Wildman–Crippen MR) is 83.8 cm³/mol. The predicted octanol–water partition coefficient (Wildman–Crippen LogP) is 3.68. The topological polar surface area (TPSA) is 40.6 Å². The van der Waals surface area contributed by atoms with Gasteiger partial charge in [0.25, 0.3) is 5.91 Å². The Kier molecular flexibility index (Phi) is 3.69. The molecule has 0 saturated carbocycles. The normalized spacial score (nSPS) is 15.1. The average molecular weight is 321 g/mol. The zero-order valence-corrected chi connectivity index (χ0v) is 12.9. The fourth-order valence-corrected chi connectivity index (χ4v) is 3.30. The lowest BCUT2D eigenvalue weighted by atomic mass is 10.3. The molecule has 1 aromatic heterocycles. The maximum Gasteiger partial charge on any atom is 0.332 e. The first-order valence-corrected chi connectivity index (χ1v) is 7.72. The summed E-state index contributed by atoms with van der Waals surface area (Å²) in [6.45, 7) is 2.59. The first-order chi connectivity index (χ1) is 10.1. The Labute approximate surface area is 131 Å². The molecule has 1 fully saturated rings. The SMILES string of the molecule is Cc1ccsc1CN1CC(=O)N(c2ccc(Cl)cc2)C1=O. The van der Waals surface area contributed by atoms with Crippen LogP contribution in [0.15, 0.2) is 35.7 Å². The highest BCUT2D eigenvalue weighted by atomic mass is 35.5. The number of rotatable bonds is 3. The van der Waals surface area contributed by atoms with Crippen molar-refractivity contribution in [1.82, 2.24) is 4.90 Å². The molecule has 0 spiro atoms. The summed E-state index contributed by atoms with van der Waals surface area (Å²) in [7, 11) is 0. The van der Waals surface area contributed by atoms with Crippen molar-refractivity contribution in [3.63, 3.8) is 0 Å². The molecule has 21 heavy (non-hydrogen) atoms. The van der Waals surface area contributed by atoms with Crippen LogP contribution in [0.4, 0.5) is 10.5 Å². The number of anilines is 1. The van der Waals surface area contributed by atoms with Gasteiger partial charge in [-0.15, -0.1) is 11.3 Å². The van der Waals surface area contributed by atoms with Crippen molar-refractivity contribution in [2.45, 2.75) is 13.5 Å². The Morgan fingerprint density at radius 2 is 1.90 bits per heavy atom. The molecule has 0 bridgehead atoms. The highest BCUT2D eigenvalue weighted by Crippen LogP contribution is 2.26. The van der Waals surface area contributed by atoms with Crippen LogP contribution >= 0.6 is 22.9 Å². The van der Waals surface area contributed by atoms with Crippen LogP contribution in [0.3, 0.4) is 0 Å². The number of hydrogen-bond donors (Lipinski definition) is 0. The molecule has 2 aromatic rings. The van der Waals surface area contributed by atoms with E-state index in [-0.39, 0.29) is 18.5 Å². The van der Waals surface area contributed by atoms with E-state index in [9.17, 15) is 9.59 Å².